The second-order valence-electron chi connectivity index (χ2n) is 11.1. The molecule has 0 spiro atoms. The third-order valence-electron chi connectivity index (χ3n) is 8.29. The van der Waals surface area contributed by atoms with Gasteiger partial charge in [0.05, 0.1) is 41.8 Å². The van der Waals surface area contributed by atoms with Crippen LogP contribution in [0.5, 0.6) is 0 Å². The van der Waals surface area contributed by atoms with Gasteiger partial charge in [0.25, 0.3) is 5.56 Å². The largest absolute Gasteiger partial charge is 0.420 e. The van der Waals surface area contributed by atoms with Crippen molar-refractivity contribution in [3.8, 4) is 16.8 Å². The smallest absolute Gasteiger partial charge is 0.376 e. The van der Waals surface area contributed by atoms with Gasteiger partial charge in [0, 0.05) is 31.4 Å². The average Bonchev–Trinajstić information content (AvgIpc) is 3.57. The van der Waals surface area contributed by atoms with Gasteiger partial charge < -0.3 is 9.30 Å². The highest BCUT2D eigenvalue weighted by Gasteiger charge is 2.48. The van der Waals surface area contributed by atoms with Gasteiger partial charge in [-0.3, -0.25) is 9.20 Å². The number of hydrogen-bond donors (Lipinski definition) is 0. The lowest BCUT2D eigenvalue weighted by molar-refractivity contribution is -0.136. The molecule has 0 unspecified atom stereocenters. The first kappa shape index (κ1) is 25.6. The molecule has 1 aliphatic carbocycles. The van der Waals surface area contributed by atoms with Crippen LogP contribution in [0.25, 0.3) is 22.5 Å². The second kappa shape index (κ2) is 9.10. The fraction of sp³-hybridized carbons (Fsp3) is 0.345. The monoisotopic (exact) mass is 561 g/mol. The summed E-state index contributed by atoms with van der Waals surface area (Å²) in [5, 5.41) is 12.8. The van der Waals surface area contributed by atoms with Crippen LogP contribution < -0.4 is 5.56 Å². The highest BCUT2D eigenvalue weighted by atomic mass is 19.4. The van der Waals surface area contributed by atoms with Gasteiger partial charge in [0.1, 0.15) is 17.7 Å². The topological polar surface area (TPSA) is 92.1 Å². The molecule has 41 heavy (non-hydrogen) atoms. The zero-order valence-corrected chi connectivity index (χ0v) is 22.4. The van der Waals surface area contributed by atoms with Crippen LogP contribution in [0.15, 0.2) is 60.0 Å². The van der Waals surface area contributed by atoms with Gasteiger partial charge in [-0.15, -0.1) is 10.2 Å². The maximum atomic E-state index is 14.2. The van der Waals surface area contributed by atoms with Crippen molar-refractivity contribution >= 4 is 5.65 Å². The van der Waals surface area contributed by atoms with Crippen molar-refractivity contribution in [1.82, 2.24) is 33.9 Å². The molecule has 1 aliphatic heterocycles. The number of ether oxygens (including phenoxy) is 1. The van der Waals surface area contributed by atoms with Crippen LogP contribution in [0.1, 0.15) is 48.0 Å². The molecule has 9 nitrogen and oxygen atoms in total. The Morgan fingerprint density at radius 3 is 2.71 bits per heavy atom. The van der Waals surface area contributed by atoms with Crippen LogP contribution in [-0.4, -0.2) is 40.5 Å². The van der Waals surface area contributed by atoms with Crippen LogP contribution in [-0.2, 0) is 36.4 Å². The van der Waals surface area contributed by atoms with Gasteiger partial charge in [0.15, 0.2) is 5.65 Å². The summed E-state index contributed by atoms with van der Waals surface area (Å²) < 4.78 is 52.5. The van der Waals surface area contributed by atoms with E-state index in [1.165, 1.54) is 17.1 Å². The average molecular weight is 562 g/mol. The highest BCUT2D eigenvalue weighted by molar-refractivity contribution is 5.66. The number of benzene rings is 1. The lowest BCUT2D eigenvalue weighted by Gasteiger charge is -2.46. The number of rotatable bonds is 4. The summed E-state index contributed by atoms with van der Waals surface area (Å²) in [6.07, 6.45) is 3.38. The van der Waals surface area contributed by atoms with E-state index < -0.39 is 22.9 Å². The maximum Gasteiger partial charge on any atom is 0.420 e. The van der Waals surface area contributed by atoms with E-state index in [9.17, 15) is 18.0 Å². The normalized spacial score (nSPS) is 20.7. The van der Waals surface area contributed by atoms with Crippen LogP contribution in [0.2, 0.25) is 0 Å². The van der Waals surface area contributed by atoms with Crippen LogP contribution in [0.3, 0.4) is 0 Å². The van der Waals surface area contributed by atoms with Gasteiger partial charge in [0.2, 0.25) is 0 Å². The number of aromatic nitrogens is 7. The summed E-state index contributed by atoms with van der Waals surface area (Å²) in [5.41, 5.74) is 1.03. The molecule has 1 fully saturated rings. The van der Waals surface area contributed by atoms with E-state index in [2.05, 4.69) is 27.2 Å². The summed E-state index contributed by atoms with van der Waals surface area (Å²) >= 11 is 0. The SMILES string of the molecule is CC1CC(c2cccc(-c3cnc4c(C(F)(F)F)cc(-n5ncc6c5CCOC6)cn4c3=O)c2)(c2nncn2C)C1. The summed E-state index contributed by atoms with van der Waals surface area (Å²) in [5.74, 6) is 1.33. The predicted octanol–water partition coefficient (Wildman–Crippen LogP) is 4.48. The zero-order valence-electron chi connectivity index (χ0n) is 22.4. The number of nitrogens with zero attached hydrogens (tertiary/aromatic N) is 7. The van der Waals surface area contributed by atoms with Crippen LogP contribution in [0, 0.1) is 5.92 Å². The molecule has 4 aromatic heterocycles. The van der Waals surface area contributed by atoms with Gasteiger partial charge in [-0.05, 0) is 42.0 Å². The first-order valence-electron chi connectivity index (χ1n) is 13.4. The van der Waals surface area contributed by atoms with E-state index >= 15 is 0 Å². The quantitative estimate of drug-likeness (QED) is 0.321. The first-order chi connectivity index (χ1) is 19.7. The summed E-state index contributed by atoms with van der Waals surface area (Å²) in [4.78, 5) is 18.0. The molecular formula is C29H26F3N7O2. The van der Waals surface area contributed by atoms with Crippen molar-refractivity contribution in [2.45, 2.75) is 44.4 Å². The third kappa shape index (κ3) is 3.99. The number of halogens is 3. The molecule has 0 amide bonds. The minimum Gasteiger partial charge on any atom is -0.376 e. The van der Waals surface area contributed by atoms with Crippen molar-refractivity contribution in [2.24, 2.45) is 13.0 Å². The zero-order chi connectivity index (χ0) is 28.5. The van der Waals surface area contributed by atoms with E-state index in [1.807, 2.05) is 29.8 Å². The molecule has 0 saturated heterocycles. The molecule has 5 heterocycles. The van der Waals surface area contributed by atoms with Crippen molar-refractivity contribution in [1.29, 1.82) is 0 Å². The Balaban J connectivity index is 1.39. The fourth-order valence-corrected chi connectivity index (χ4v) is 6.44. The van der Waals surface area contributed by atoms with Crippen molar-refractivity contribution < 1.29 is 17.9 Å². The van der Waals surface area contributed by atoms with Crippen molar-refractivity contribution in [3.63, 3.8) is 0 Å². The van der Waals surface area contributed by atoms with Crippen LogP contribution >= 0.6 is 0 Å². The number of fused-ring (bicyclic) bond motifs is 2. The predicted molar refractivity (Wildman–Crippen MR) is 143 cm³/mol. The summed E-state index contributed by atoms with van der Waals surface area (Å²) in [6.45, 7) is 2.96. The van der Waals surface area contributed by atoms with Gasteiger partial charge in [-0.25, -0.2) is 9.67 Å². The standard InChI is InChI=1S/C29H26F3N7O2/c1-17-10-28(11-17,27-36-34-16-37(27)2)20-5-3-4-18(8-20)22-13-33-25-23(29(30,31)32)9-21(14-38(25)26(22)40)39-24-6-7-41-15-19(24)12-35-39/h3-5,8-9,12-14,16-17H,6-7,10-11,15H2,1-2H3. The molecule has 2 aliphatic rings. The van der Waals surface area contributed by atoms with E-state index in [0.29, 0.717) is 31.1 Å². The van der Waals surface area contributed by atoms with Gasteiger partial charge in [-0.2, -0.15) is 18.3 Å². The lowest BCUT2D eigenvalue weighted by atomic mass is 9.58. The minimum atomic E-state index is -4.73. The summed E-state index contributed by atoms with van der Waals surface area (Å²) in [6, 6.07) is 8.55. The number of aryl methyl sites for hydroxylation is 1. The molecule has 1 aromatic carbocycles. The highest BCUT2D eigenvalue weighted by Crippen LogP contribution is 2.51. The molecule has 0 N–H and O–H groups in total. The van der Waals surface area contributed by atoms with E-state index in [0.717, 1.165) is 46.0 Å². The molecule has 0 radical (unpaired) electrons. The third-order valence-corrected chi connectivity index (χ3v) is 8.29. The Morgan fingerprint density at radius 1 is 1.15 bits per heavy atom. The molecule has 7 rings (SSSR count). The van der Waals surface area contributed by atoms with Crippen LogP contribution in [0.4, 0.5) is 13.2 Å². The number of alkyl halides is 3. The summed E-state index contributed by atoms with van der Waals surface area (Å²) in [7, 11) is 1.91. The van der Waals surface area contributed by atoms with Gasteiger partial charge in [-0.1, -0.05) is 25.1 Å². The maximum absolute atomic E-state index is 14.2. The van der Waals surface area contributed by atoms with E-state index in [1.54, 1.807) is 18.6 Å². The Kier molecular flexibility index (Phi) is 5.69. The van der Waals surface area contributed by atoms with Crippen molar-refractivity contribution in [3.05, 3.63) is 93.8 Å². The molecule has 210 valence electrons. The Bertz CT molecular complexity index is 1860. The second-order valence-corrected chi connectivity index (χ2v) is 11.1. The molecule has 5 aromatic rings. The fourth-order valence-electron chi connectivity index (χ4n) is 6.44. The molecular weight excluding hydrogens is 535 g/mol. The lowest BCUT2D eigenvalue weighted by Crippen LogP contribution is -2.43. The number of hydrogen-bond acceptors (Lipinski definition) is 6. The molecule has 0 atom stereocenters. The van der Waals surface area contributed by atoms with E-state index in [-0.39, 0.29) is 16.7 Å². The Labute approximate surface area is 232 Å². The molecule has 1 saturated carbocycles. The minimum absolute atomic E-state index is 0.132. The Hall–Kier alpha value is -4.32. The Morgan fingerprint density at radius 2 is 1.98 bits per heavy atom. The number of pyridine rings is 1. The van der Waals surface area contributed by atoms with E-state index in [4.69, 9.17) is 4.74 Å². The van der Waals surface area contributed by atoms with Crippen molar-refractivity contribution in [2.75, 3.05) is 6.61 Å². The molecule has 12 heteroatoms. The first-order valence-corrected chi connectivity index (χ1v) is 13.4. The van der Waals surface area contributed by atoms with Gasteiger partial charge >= 0.3 is 6.18 Å². The molecule has 0 bridgehead atoms.